The maximum atomic E-state index is 13.9. The van der Waals surface area contributed by atoms with Crippen molar-refractivity contribution >= 4 is 0 Å². The summed E-state index contributed by atoms with van der Waals surface area (Å²) < 4.78 is 74.0. The van der Waals surface area contributed by atoms with Crippen LogP contribution in [0.4, 0.5) is 13.2 Å². The van der Waals surface area contributed by atoms with E-state index in [1.807, 2.05) is 0 Å². The van der Waals surface area contributed by atoms with Gasteiger partial charge in [-0.05, 0) is 66.7 Å². The average molecular weight is 703 g/mol. The number of benzene rings is 3. The minimum atomic E-state index is -4.63. The van der Waals surface area contributed by atoms with Crippen molar-refractivity contribution in [3.63, 3.8) is 0 Å². The second kappa shape index (κ2) is 22.5. The number of halogens is 3. The lowest BCUT2D eigenvalue weighted by atomic mass is 10.0. The van der Waals surface area contributed by atoms with Crippen molar-refractivity contribution in [1.82, 2.24) is 0 Å². The quantitative estimate of drug-likeness (QED) is 0.103. The molecule has 13 heteroatoms. The van der Waals surface area contributed by atoms with Gasteiger partial charge >= 0.3 is 6.18 Å². The lowest BCUT2D eigenvalue weighted by Gasteiger charge is -2.10. The van der Waals surface area contributed by atoms with Gasteiger partial charge in [-0.25, -0.2) is 0 Å². The van der Waals surface area contributed by atoms with Crippen LogP contribution in [0.5, 0.6) is 11.5 Å². The fourth-order valence-corrected chi connectivity index (χ4v) is 3.94. The van der Waals surface area contributed by atoms with E-state index in [2.05, 4.69) is 23.7 Å². The highest BCUT2D eigenvalue weighted by molar-refractivity contribution is 5.53. The maximum absolute atomic E-state index is 13.9. The Hall–Kier alpha value is -4.15. The molecule has 0 heterocycles. The summed E-state index contributed by atoms with van der Waals surface area (Å²) in [6.07, 6.45) is -6.46. The van der Waals surface area contributed by atoms with E-state index in [9.17, 15) is 23.4 Å². The van der Waals surface area contributed by atoms with Crippen molar-refractivity contribution in [3.8, 4) is 35.2 Å². The van der Waals surface area contributed by atoms with Crippen molar-refractivity contribution in [1.29, 1.82) is 0 Å². The van der Waals surface area contributed by atoms with Crippen molar-refractivity contribution in [2.45, 2.75) is 18.4 Å². The van der Waals surface area contributed by atoms with Crippen LogP contribution < -0.4 is 9.47 Å². The largest absolute Gasteiger partial charge is 0.491 e. The number of alkyl halides is 3. The molecule has 3 rings (SSSR count). The summed E-state index contributed by atoms with van der Waals surface area (Å²) in [4.78, 5) is 0. The van der Waals surface area contributed by atoms with Gasteiger partial charge in [0.25, 0.3) is 0 Å². The molecule has 0 aliphatic rings. The Kier molecular flexibility index (Phi) is 18.2. The Morgan fingerprint density at radius 1 is 0.520 bits per heavy atom. The molecular formula is C37H41F3O10. The summed E-state index contributed by atoms with van der Waals surface area (Å²) in [5, 5.41) is 35.8. The summed E-state index contributed by atoms with van der Waals surface area (Å²) in [6.45, 7) is 1.63. The molecule has 0 fully saturated rings. The summed E-state index contributed by atoms with van der Waals surface area (Å²) in [5.41, 5.74) is 0.235. The molecule has 2 atom stereocenters. The van der Waals surface area contributed by atoms with E-state index in [4.69, 9.17) is 38.6 Å². The zero-order valence-electron chi connectivity index (χ0n) is 27.4. The highest BCUT2D eigenvalue weighted by Gasteiger charge is 2.33. The first kappa shape index (κ1) is 40.3. The molecule has 0 amide bonds. The molecule has 0 bridgehead atoms. The van der Waals surface area contributed by atoms with Crippen LogP contribution in [-0.2, 0) is 25.1 Å². The molecule has 0 radical (unpaired) electrons. The minimum absolute atomic E-state index is 0.0249. The number of aliphatic hydroxyl groups is 4. The molecule has 0 aliphatic carbocycles. The molecule has 4 N–H and O–H groups in total. The third kappa shape index (κ3) is 16.0. The van der Waals surface area contributed by atoms with E-state index < -0.39 is 23.9 Å². The van der Waals surface area contributed by atoms with E-state index in [0.717, 1.165) is 6.07 Å². The van der Waals surface area contributed by atoms with Gasteiger partial charge in [0.1, 0.15) is 36.9 Å². The molecule has 3 aromatic carbocycles. The Labute approximate surface area is 289 Å². The molecule has 0 spiro atoms. The smallest absolute Gasteiger partial charge is 0.417 e. The molecule has 50 heavy (non-hydrogen) atoms. The fourth-order valence-electron chi connectivity index (χ4n) is 3.94. The number of hydrogen-bond acceptors (Lipinski definition) is 10. The Bertz CT molecular complexity index is 1520. The first-order valence-corrected chi connectivity index (χ1v) is 15.8. The molecule has 0 aliphatic heterocycles. The minimum Gasteiger partial charge on any atom is -0.491 e. The van der Waals surface area contributed by atoms with Crippen LogP contribution in [0.3, 0.4) is 0 Å². The summed E-state index contributed by atoms with van der Waals surface area (Å²) in [5.74, 6) is 12.2. The van der Waals surface area contributed by atoms with Gasteiger partial charge in [-0.2, -0.15) is 13.2 Å². The maximum Gasteiger partial charge on any atom is 0.417 e. The topological polar surface area (TPSA) is 136 Å². The standard InChI is InChI=1S/C37H41F3O10/c38-37(39,40)36-23-30(2-1-28-5-11-34(12-6-28)49-21-19-45-15-17-47-26-32(43)24-41)4-10-31(36)9-3-29-7-13-35(14-8-29)50-22-20-46-16-18-48-27-33(44)25-42/h4-8,10-14,23,32-33,41-44H,15-22,24-27H2. The van der Waals surface area contributed by atoms with Crippen LogP contribution in [0.1, 0.15) is 27.8 Å². The van der Waals surface area contributed by atoms with Gasteiger partial charge in [0.05, 0.1) is 71.6 Å². The van der Waals surface area contributed by atoms with E-state index in [-0.39, 0.29) is 64.0 Å². The van der Waals surface area contributed by atoms with E-state index >= 15 is 0 Å². The molecule has 270 valence electrons. The monoisotopic (exact) mass is 702 g/mol. The van der Waals surface area contributed by atoms with Gasteiger partial charge < -0.3 is 48.8 Å². The molecule has 0 saturated carbocycles. The summed E-state index contributed by atoms with van der Waals surface area (Å²) >= 11 is 0. The Morgan fingerprint density at radius 2 is 0.920 bits per heavy atom. The van der Waals surface area contributed by atoms with E-state index in [0.29, 0.717) is 49.1 Å². The van der Waals surface area contributed by atoms with Crippen LogP contribution in [0, 0.1) is 23.7 Å². The Balaban J connectivity index is 1.47. The highest BCUT2D eigenvalue weighted by atomic mass is 19.4. The lowest BCUT2D eigenvalue weighted by Crippen LogP contribution is -2.21. The molecule has 10 nitrogen and oxygen atoms in total. The van der Waals surface area contributed by atoms with Crippen LogP contribution in [0.2, 0.25) is 0 Å². The summed E-state index contributed by atoms with van der Waals surface area (Å²) in [7, 11) is 0. The molecule has 2 unspecified atom stereocenters. The number of hydrogen-bond donors (Lipinski definition) is 4. The lowest BCUT2D eigenvalue weighted by molar-refractivity contribution is -0.137. The fraction of sp³-hybridized carbons (Fsp3) is 0.405. The van der Waals surface area contributed by atoms with Gasteiger partial charge in [-0.15, -0.1) is 0 Å². The van der Waals surface area contributed by atoms with Gasteiger partial charge in [-0.3, -0.25) is 0 Å². The molecule has 0 saturated heterocycles. The van der Waals surface area contributed by atoms with Crippen molar-refractivity contribution in [3.05, 3.63) is 94.5 Å². The first-order valence-electron chi connectivity index (χ1n) is 15.8. The molecular weight excluding hydrogens is 661 g/mol. The SMILES string of the molecule is OCC(O)COCCOCCOc1ccc(C#Cc2ccc(C#Cc3ccc(OCCOCCOCC(O)CO)cc3)c(C(F)(F)F)c2)cc1. The van der Waals surface area contributed by atoms with Crippen molar-refractivity contribution in [2.24, 2.45) is 0 Å². The molecule has 0 aromatic heterocycles. The molecule has 3 aromatic rings. The second-order valence-electron chi connectivity index (χ2n) is 10.6. The average Bonchev–Trinajstić information content (AvgIpc) is 3.12. The van der Waals surface area contributed by atoms with Gasteiger partial charge in [0, 0.05) is 22.3 Å². The third-order valence-corrected chi connectivity index (χ3v) is 6.51. The van der Waals surface area contributed by atoms with Gasteiger partial charge in [0.2, 0.25) is 0 Å². The normalized spacial score (nSPS) is 12.3. The van der Waals surface area contributed by atoms with Crippen LogP contribution in [-0.4, -0.2) is 112 Å². The van der Waals surface area contributed by atoms with Crippen LogP contribution in [0.15, 0.2) is 66.7 Å². The second-order valence-corrected chi connectivity index (χ2v) is 10.6. The van der Waals surface area contributed by atoms with Crippen LogP contribution in [0.25, 0.3) is 0 Å². The predicted octanol–water partition coefficient (Wildman–Crippen LogP) is 3.04. The zero-order chi connectivity index (χ0) is 36.0. The Morgan fingerprint density at radius 3 is 1.38 bits per heavy atom. The predicted molar refractivity (Wildman–Crippen MR) is 177 cm³/mol. The van der Waals surface area contributed by atoms with Crippen molar-refractivity contribution < 1.29 is 62.0 Å². The third-order valence-electron chi connectivity index (χ3n) is 6.51. The van der Waals surface area contributed by atoms with E-state index in [1.54, 1.807) is 48.5 Å². The highest BCUT2D eigenvalue weighted by Crippen LogP contribution is 2.32. The van der Waals surface area contributed by atoms with E-state index in [1.165, 1.54) is 12.1 Å². The van der Waals surface area contributed by atoms with Crippen molar-refractivity contribution in [2.75, 3.05) is 79.3 Å². The van der Waals surface area contributed by atoms with Gasteiger partial charge in [0.15, 0.2) is 0 Å². The number of ether oxygens (including phenoxy) is 6. The number of aliphatic hydroxyl groups excluding tert-OH is 4. The van der Waals surface area contributed by atoms with Gasteiger partial charge in [-0.1, -0.05) is 23.7 Å². The summed E-state index contributed by atoms with van der Waals surface area (Å²) in [6, 6.07) is 17.2. The van der Waals surface area contributed by atoms with Crippen LogP contribution >= 0.6 is 0 Å². The number of rotatable bonds is 20. The first-order chi connectivity index (χ1) is 24.2. The zero-order valence-corrected chi connectivity index (χ0v) is 27.4.